The minimum atomic E-state index is -3.82. The molecule has 1 aliphatic carbocycles. The highest BCUT2D eigenvalue weighted by molar-refractivity contribution is 7.89. The fourth-order valence-electron chi connectivity index (χ4n) is 7.55. The molecule has 1 saturated heterocycles. The summed E-state index contributed by atoms with van der Waals surface area (Å²) >= 11 is 0. The molecule has 282 valence electrons. The lowest BCUT2D eigenvalue weighted by Crippen LogP contribution is -2.59. The first kappa shape index (κ1) is 39.8. The smallest absolute Gasteiger partial charge is 0.243 e. The van der Waals surface area contributed by atoms with Gasteiger partial charge in [-0.15, -0.1) is 0 Å². The van der Waals surface area contributed by atoms with Crippen molar-refractivity contribution < 1.29 is 27.3 Å². The topological polar surface area (TPSA) is 145 Å². The van der Waals surface area contributed by atoms with Crippen molar-refractivity contribution in [3.05, 3.63) is 90.6 Å². The molecule has 2 aliphatic rings. The molecule has 4 N–H and O–H groups in total. The summed E-state index contributed by atoms with van der Waals surface area (Å²) in [5.41, 5.74) is 0.617. The van der Waals surface area contributed by atoms with E-state index in [1.807, 2.05) is 81.4 Å². The molecule has 12 heteroatoms. The molecule has 0 aromatic heterocycles. The summed E-state index contributed by atoms with van der Waals surface area (Å²) < 4.78 is 40.3. The summed E-state index contributed by atoms with van der Waals surface area (Å²) in [6, 6.07) is 21.1. The Bertz CT molecular complexity index is 1850. The summed E-state index contributed by atoms with van der Waals surface area (Å²) in [6.07, 6.45) is 9.12. The zero-order valence-electron chi connectivity index (χ0n) is 30.7. The molecule has 1 aliphatic heterocycles. The number of carbonyl (C=O) groups is 2. The van der Waals surface area contributed by atoms with E-state index in [4.69, 9.17) is 0 Å². The van der Waals surface area contributed by atoms with Crippen LogP contribution in [0.2, 0.25) is 0 Å². The highest BCUT2D eigenvalue weighted by atomic mass is 32.2. The first-order valence-corrected chi connectivity index (χ1v) is 21.5. The van der Waals surface area contributed by atoms with Crippen molar-refractivity contribution in [1.29, 1.82) is 0 Å². The highest BCUT2D eigenvalue weighted by Gasteiger charge is 2.41. The number of nitrogens with zero attached hydrogens (tertiary/aromatic N) is 1. The van der Waals surface area contributed by atoms with Gasteiger partial charge in [-0.3, -0.25) is 18.7 Å². The zero-order valence-corrected chi connectivity index (χ0v) is 32.3. The minimum absolute atomic E-state index is 0.0170. The Hall–Kier alpha value is -3.42. The molecule has 1 unspecified atom stereocenters. The van der Waals surface area contributed by atoms with Crippen LogP contribution in [0.25, 0.3) is 10.8 Å². The van der Waals surface area contributed by atoms with E-state index < -0.39 is 44.8 Å². The molecule has 7 atom stereocenters. The van der Waals surface area contributed by atoms with Crippen molar-refractivity contribution in [2.45, 2.75) is 87.9 Å². The van der Waals surface area contributed by atoms with Crippen molar-refractivity contribution in [3.8, 4) is 0 Å². The van der Waals surface area contributed by atoms with Gasteiger partial charge >= 0.3 is 0 Å². The second kappa shape index (κ2) is 17.6. The number of aliphatic hydroxyl groups is 1. The number of piperidine rings is 1. The summed E-state index contributed by atoms with van der Waals surface area (Å²) in [4.78, 5) is 29.7. The van der Waals surface area contributed by atoms with Crippen molar-refractivity contribution in [3.63, 3.8) is 0 Å². The number of fused-ring (bicyclic) bond motifs is 2. The van der Waals surface area contributed by atoms with Gasteiger partial charge in [-0.1, -0.05) is 86.0 Å². The fourth-order valence-corrected chi connectivity index (χ4v) is 9.57. The normalized spacial score (nSPS) is 22.3. The van der Waals surface area contributed by atoms with Gasteiger partial charge < -0.3 is 15.7 Å². The summed E-state index contributed by atoms with van der Waals surface area (Å²) in [5.74, 6) is -0.403. The molecule has 10 nitrogen and oxygen atoms in total. The second-order valence-electron chi connectivity index (χ2n) is 15.5. The monoisotopic (exact) mass is 750 g/mol. The molecule has 3 aromatic carbocycles. The van der Waals surface area contributed by atoms with Crippen LogP contribution in [0.4, 0.5) is 0 Å². The Balaban J connectivity index is 1.32. The number of likely N-dealkylation sites (tertiary alicyclic amines) is 1. The number of carbonyl (C=O) groups excluding carboxylic acids is 2. The largest absolute Gasteiger partial charge is 0.391 e. The van der Waals surface area contributed by atoms with E-state index in [1.165, 1.54) is 19.0 Å². The van der Waals surface area contributed by atoms with E-state index in [0.29, 0.717) is 23.2 Å². The molecule has 2 fully saturated rings. The minimum Gasteiger partial charge on any atom is -0.391 e. The number of rotatable bonds is 14. The average molecular weight is 751 g/mol. The van der Waals surface area contributed by atoms with Gasteiger partial charge in [0.2, 0.25) is 21.8 Å². The Morgan fingerprint density at radius 3 is 2.35 bits per heavy atom. The molecule has 52 heavy (non-hydrogen) atoms. The van der Waals surface area contributed by atoms with E-state index in [0.717, 1.165) is 48.4 Å². The molecule has 1 saturated carbocycles. The van der Waals surface area contributed by atoms with Gasteiger partial charge in [0, 0.05) is 35.6 Å². The maximum atomic E-state index is 13.6. The number of hydrogen-bond acceptors (Lipinski definition) is 7. The van der Waals surface area contributed by atoms with Crippen LogP contribution in [0, 0.1) is 17.8 Å². The quantitative estimate of drug-likeness (QED) is 0.190. The van der Waals surface area contributed by atoms with Crippen molar-refractivity contribution >= 4 is 43.4 Å². The second-order valence-corrected chi connectivity index (χ2v) is 18.8. The van der Waals surface area contributed by atoms with Crippen LogP contribution in [0.15, 0.2) is 90.0 Å². The zero-order chi connectivity index (χ0) is 37.5. The maximum Gasteiger partial charge on any atom is 0.243 e. The number of aliphatic hydroxyl groups excluding tert-OH is 1. The summed E-state index contributed by atoms with van der Waals surface area (Å²) in [7, 11) is -5.51. The predicted molar refractivity (Wildman–Crippen MR) is 207 cm³/mol. The summed E-state index contributed by atoms with van der Waals surface area (Å²) in [6.45, 7) is 6.95. The van der Waals surface area contributed by atoms with Crippen LogP contribution >= 0.6 is 0 Å². The average Bonchev–Trinajstić information content (AvgIpc) is 3.09. The van der Waals surface area contributed by atoms with Gasteiger partial charge in [-0.2, -0.15) is 0 Å². The van der Waals surface area contributed by atoms with E-state index >= 15 is 0 Å². The Morgan fingerprint density at radius 1 is 0.981 bits per heavy atom. The molecule has 2 amide bonds. The van der Waals surface area contributed by atoms with Gasteiger partial charge in [-0.05, 0) is 80.3 Å². The van der Waals surface area contributed by atoms with E-state index in [-0.39, 0.29) is 29.8 Å². The third kappa shape index (κ3) is 11.5. The van der Waals surface area contributed by atoms with Crippen LogP contribution in [0.3, 0.4) is 0 Å². The Labute approximate surface area is 311 Å². The van der Waals surface area contributed by atoms with E-state index in [2.05, 4.69) is 20.3 Å². The van der Waals surface area contributed by atoms with Gasteiger partial charge in [-0.25, -0.2) is 13.1 Å². The maximum absolute atomic E-state index is 13.6. The lowest BCUT2D eigenvalue weighted by atomic mass is 9.72. The van der Waals surface area contributed by atoms with Crippen molar-refractivity contribution in [1.82, 2.24) is 20.3 Å². The van der Waals surface area contributed by atoms with Crippen molar-refractivity contribution in [2.75, 3.05) is 25.1 Å². The standard InChI is InChI=1S/C40H54N4O6S2/c1-40(2,3)42-39(47)36-24-31-16-10-11-17-33(31)25-44(36)26-37(45)32(22-28-12-6-5-7-13-28)20-21-41-38(46)35(43-52(4,49)50)27-51(48)34-19-18-29-14-8-9-15-30(29)23-34/h5-9,12-15,18-21,23,31-33,35-37,43,45H,10-11,16-17,22,24-27H2,1-4H3,(H,41,46)(H,42,47)/b21-20+/t31-,32-,33+,35+,36-,37+,51?/m0/s1. The first-order chi connectivity index (χ1) is 24.6. The molecule has 5 rings (SSSR count). The molecule has 0 bridgehead atoms. The lowest BCUT2D eigenvalue weighted by Gasteiger charge is -2.47. The van der Waals surface area contributed by atoms with Crippen LogP contribution < -0.4 is 15.4 Å². The molecule has 0 radical (unpaired) electrons. The SMILES string of the molecule is CC(C)(C)NC(=O)[C@@H]1C[C@@H]2CCCC[C@@H]2CN1C[C@@H](O)[C@@H](/C=C/NC(=O)[C@@H](CS(=O)c1ccc2ccccc2c1)NS(C)(=O)=O)Cc1ccccc1. The molecular weight excluding hydrogens is 697 g/mol. The molecular formula is C40H54N4O6S2. The third-order valence-corrected chi connectivity index (χ3v) is 12.2. The molecule has 0 spiro atoms. The van der Waals surface area contributed by atoms with Crippen LogP contribution in [-0.2, 0) is 36.8 Å². The van der Waals surface area contributed by atoms with Crippen LogP contribution in [0.5, 0.6) is 0 Å². The number of nitrogens with one attached hydrogen (secondary N) is 3. The number of sulfonamides is 1. The Morgan fingerprint density at radius 2 is 1.65 bits per heavy atom. The number of β-amino-alcohol motifs (C(OH)–C–C–N with tert-alkyl or cyclic N) is 1. The third-order valence-electron chi connectivity index (χ3n) is 10.1. The van der Waals surface area contributed by atoms with Crippen LogP contribution in [0.1, 0.15) is 58.4 Å². The number of hydrogen-bond donors (Lipinski definition) is 4. The van der Waals surface area contributed by atoms with Crippen molar-refractivity contribution in [2.24, 2.45) is 17.8 Å². The first-order valence-electron chi connectivity index (χ1n) is 18.2. The fraction of sp³-hybridized carbons (Fsp3) is 0.500. The van der Waals surface area contributed by atoms with E-state index in [1.54, 1.807) is 18.2 Å². The molecule has 1 heterocycles. The number of amides is 2. The van der Waals surface area contributed by atoms with Gasteiger partial charge in [0.15, 0.2) is 0 Å². The molecule has 3 aromatic rings. The predicted octanol–water partition coefficient (Wildman–Crippen LogP) is 4.51. The van der Waals surface area contributed by atoms with E-state index in [9.17, 15) is 27.3 Å². The highest BCUT2D eigenvalue weighted by Crippen LogP contribution is 2.39. The number of benzene rings is 3. The van der Waals surface area contributed by atoms with Gasteiger partial charge in [0.1, 0.15) is 6.04 Å². The summed E-state index contributed by atoms with van der Waals surface area (Å²) in [5, 5.41) is 19.6. The van der Waals surface area contributed by atoms with Crippen LogP contribution in [-0.4, -0.2) is 83.3 Å². The van der Waals surface area contributed by atoms with Gasteiger partial charge in [0.05, 0.1) is 35.0 Å². The lowest BCUT2D eigenvalue weighted by molar-refractivity contribution is -0.132. The van der Waals surface area contributed by atoms with Gasteiger partial charge in [0.25, 0.3) is 0 Å². The Kier molecular flexibility index (Phi) is 13.5.